The predicted molar refractivity (Wildman–Crippen MR) is 125 cm³/mol. The maximum absolute atomic E-state index is 12.9. The van der Waals surface area contributed by atoms with E-state index in [0.717, 1.165) is 4.90 Å². The second-order valence-corrected chi connectivity index (χ2v) is 10.5. The van der Waals surface area contributed by atoms with Crippen LogP contribution in [0, 0.1) is 0 Å². The molecule has 1 saturated heterocycles. The van der Waals surface area contributed by atoms with Crippen molar-refractivity contribution in [2.24, 2.45) is 0 Å². The summed E-state index contributed by atoms with van der Waals surface area (Å²) >= 11 is 0. The molecule has 0 saturated carbocycles. The van der Waals surface area contributed by atoms with E-state index < -0.39 is 10.0 Å². The third kappa shape index (κ3) is 4.89. The van der Waals surface area contributed by atoms with Crippen molar-refractivity contribution in [1.29, 1.82) is 0 Å². The lowest BCUT2D eigenvalue weighted by atomic mass is 10.1. The van der Waals surface area contributed by atoms with E-state index in [4.69, 9.17) is 4.74 Å². The Morgan fingerprint density at radius 3 is 2.09 bits per heavy atom. The number of nitrogens with one attached hydrogen (secondary N) is 1. The van der Waals surface area contributed by atoms with Gasteiger partial charge in [-0.1, -0.05) is 12.1 Å². The summed E-state index contributed by atoms with van der Waals surface area (Å²) in [5.74, 6) is -0.980. The highest BCUT2D eigenvalue weighted by Crippen LogP contribution is 2.24. The van der Waals surface area contributed by atoms with Gasteiger partial charge in [-0.05, 0) is 56.7 Å². The highest BCUT2D eigenvalue weighted by Gasteiger charge is 2.35. The highest BCUT2D eigenvalue weighted by molar-refractivity contribution is 7.89. The van der Waals surface area contributed by atoms with E-state index >= 15 is 0 Å². The number of hydrogen-bond acceptors (Lipinski definition) is 6. The average Bonchev–Trinajstić information content (AvgIpc) is 3.04. The first-order chi connectivity index (χ1) is 16.2. The van der Waals surface area contributed by atoms with E-state index in [2.05, 4.69) is 5.32 Å². The first-order valence-corrected chi connectivity index (χ1v) is 12.6. The quantitative estimate of drug-likeness (QED) is 0.603. The van der Waals surface area contributed by atoms with Crippen molar-refractivity contribution in [2.75, 3.05) is 25.0 Å². The van der Waals surface area contributed by atoms with Crippen LogP contribution in [0.25, 0.3) is 0 Å². The Labute approximate surface area is 198 Å². The minimum absolute atomic E-state index is 0.108. The molecule has 9 nitrogen and oxygen atoms in total. The van der Waals surface area contributed by atoms with Crippen LogP contribution in [0.2, 0.25) is 0 Å². The largest absolute Gasteiger partial charge is 0.373 e. The minimum Gasteiger partial charge on any atom is -0.373 e. The molecule has 2 heterocycles. The summed E-state index contributed by atoms with van der Waals surface area (Å²) in [5.41, 5.74) is 1.23. The molecule has 1 fully saturated rings. The Hall–Kier alpha value is -3.08. The number of morpholine rings is 1. The summed E-state index contributed by atoms with van der Waals surface area (Å²) in [5, 5.41) is 2.72. The van der Waals surface area contributed by atoms with Gasteiger partial charge in [0.05, 0.1) is 28.2 Å². The number of nitrogens with zero attached hydrogens (tertiary/aromatic N) is 2. The molecule has 1 N–H and O–H groups in total. The van der Waals surface area contributed by atoms with Crippen LogP contribution in [0.3, 0.4) is 0 Å². The Kier molecular flexibility index (Phi) is 6.83. The molecular formula is C24H27N3O6S. The fourth-order valence-corrected chi connectivity index (χ4v) is 5.84. The number of anilines is 1. The number of imide groups is 1. The van der Waals surface area contributed by atoms with Gasteiger partial charge in [-0.25, -0.2) is 8.42 Å². The van der Waals surface area contributed by atoms with E-state index in [1.807, 2.05) is 13.8 Å². The number of amides is 3. The molecular weight excluding hydrogens is 458 g/mol. The van der Waals surface area contributed by atoms with E-state index in [1.54, 1.807) is 36.4 Å². The second kappa shape index (κ2) is 9.65. The van der Waals surface area contributed by atoms with E-state index in [1.165, 1.54) is 16.4 Å². The number of rotatable bonds is 7. The number of benzene rings is 2. The smallest absolute Gasteiger partial charge is 0.261 e. The molecule has 2 aliphatic heterocycles. The Bertz CT molecular complexity index is 1170. The molecule has 2 aliphatic rings. The standard InChI is InChI=1S/C24H27N3O6S/c1-16-14-26(15-17(2)33-16)34(31,32)19-11-9-18(10-12-19)25-22(28)8-5-13-27-23(29)20-6-3-4-7-21(20)24(27)30/h3-4,6-7,9-12,16-17H,5,8,13-15H2,1-2H3,(H,25,28)/t16-,17-/m0/s1. The van der Waals surface area contributed by atoms with Gasteiger partial charge in [0.25, 0.3) is 11.8 Å². The number of carbonyl (C=O) groups is 3. The van der Waals surface area contributed by atoms with Gasteiger partial charge >= 0.3 is 0 Å². The molecule has 10 heteroatoms. The van der Waals surface area contributed by atoms with Crippen molar-refractivity contribution >= 4 is 33.4 Å². The molecule has 0 aromatic heterocycles. The lowest BCUT2D eigenvalue weighted by molar-refractivity contribution is -0.116. The van der Waals surface area contributed by atoms with Crippen molar-refractivity contribution in [3.63, 3.8) is 0 Å². The Balaban J connectivity index is 1.30. The van der Waals surface area contributed by atoms with Crippen LogP contribution in [0.1, 0.15) is 47.4 Å². The summed E-state index contributed by atoms with van der Waals surface area (Å²) in [7, 11) is -3.66. The van der Waals surface area contributed by atoms with Crippen molar-refractivity contribution < 1.29 is 27.5 Å². The van der Waals surface area contributed by atoms with Gasteiger partial charge in [-0.2, -0.15) is 4.31 Å². The maximum atomic E-state index is 12.9. The number of hydrogen-bond donors (Lipinski definition) is 1. The molecule has 0 bridgehead atoms. The zero-order valence-electron chi connectivity index (χ0n) is 19.1. The molecule has 0 unspecified atom stereocenters. The first-order valence-electron chi connectivity index (χ1n) is 11.2. The monoisotopic (exact) mass is 485 g/mol. The van der Waals surface area contributed by atoms with Crippen LogP contribution >= 0.6 is 0 Å². The number of fused-ring (bicyclic) bond motifs is 1. The molecule has 2 atom stereocenters. The van der Waals surface area contributed by atoms with Gasteiger partial charge in [-0.15, -0.1) is 0 Å². The fourth-order valence-electron chi connectivity index (χ4n) is 4.25. The fraction of sp³-hybridized carbons (Fsp3) is 0.375. The Morgan fingerprint density at radius 2 is 1.53 bits per heavy atom. The topological polar surface area (TPSA) is 113 Å². The van der Waals surface area contributed by atoms with Crippen LogP contribution in [0.4, 0.5) is 5.69 Å². The summed E-state index contributed by atoms with van der Waals surface area (Å²) in [6.07, 6.45) is 0.0589. The zero-order valence-corrected chi connectivity index (χ0v) is 19.9. The van der Waals surface area contributed by atoms with Gasteiger partial charge in [0.1, 0.15) is 0 Å². The van der Waals surface area contributed by atoms with Gasteiger partial charge in [0.15, 0.2) is 0 Å². The third-order valence-corrected chi connectivity index (χ3v) is 7.67. The lowest BCUT2D eigenvalue weighted by Gasteiger charge is -2.34. The normalized spacial score (nSPS) is 20.9. The van der Waals surface area contributed by atoms with Crippen LogP contribution in [-0.4, -0.2) is 67.2 Å². The van der Waals surface area contributed by atoms with Gasteiger partial charge in [0.2, 0.25) is 15.9 Å². The second-order valence-electron chi connectivity index (χ2n) is 8.56. The summed E-state index contributed by atoms with van der Waals surface area (Å²) in [6, 6.07) is 12.7. The lowest BCUT2D eigenvalue weighted by Crippen LogP contribution is -2.48. The van der Waals surface area contributed by atoms with Crippen LogP contribution in [0.5, 0.6) is 0 Å². The molecule has 34 heavy (non-hydrogen) atoms. The average molecular weight is 486 g/mol. The van der Waals surface area contributed by atoms with E-state index in [9.17, 15) is 22.8 Å². The SMILES string of the molecule is C[C@H]1CN(S(=O)(=O)c2ccc(NC(=O)CCCN3C(=O)c4ccccc4C3=O)cc2)C[C@H](C)O1. The van der Waals surface area contributed by atoms with E-state index in [0.29, 0.717) is 23.2 Å². The molecule has 0 spiro atoms. The molecule has 2 aromatic carbocycles. The van der Waals surface area contributed by atoms with Crippen LogP contribution in [-0.2, 0) is 19.6 Å². The predicted octanol–water partition coefficient (Wildman–Crippen LogP) is 2.50. The van der Waals surface area contributed by atoms with E-state index in [-0.39, 0.29) is 60.9 Å². The minimum atomic E-state index is -3.66. The van der Waals surface area contributed by atoms with Crippen molar-refractivity contribution in [2.45, 2.75) is 43.8 Å². The van der Waals surface area contributed by atoms with Gasteiger partial charge < -0.3 is 10.1 Å². The van der Waals surface area contributed by atoms with Crippen LogP contribution in [0.15, 0.2) is 53.4 Å². The summed E-state index contributed by atoms with van der Waals surface area (Å²) < 4.78 is 32.9. The van der Waals surface area contributed by atoms with Crippen molar-refractivity contribution in [3.8, 4) is 0 Å². The number of ether oxygens (including phenoxy) is 1. The Morgan fingerprint density at radius 1 is 0.971 bits per heavy atom. The summed E-state index contributed by atoms with van der Waals surface area (Å²) in [6.45, 7) is 4.40. The molecule has 3 amide bonds. The van der Waals surface area contributed by atoms with Gasteiger partial charge in [0, 0.05) is 31.7 Å². The number of sulfonamides is 1. The summed E-state index contributed by atoms with van der Waals surface area (Å²) in [4.78, 5) is 38.4. The molecule has 180 valence electrons. The molecule has 4 rings (SSSR count). The van der Waals surface area contributed by atoms with Crippen molar-refractivity contribution in [1.82, 2.24) is 9.21 Å². The maximum Gasteiger partial charge on any atom is 0.261 e. The molecule has 2 aromatic rings. The van der Waals surface area contributed by atoms with Crippen molar-refractivity contribution in [3.05, 3.63) is 59.7 Å². The number of carbonyl (C=O) groups excluding carboxylic acids is 3. The zero-order chi connectivity index (χ0) is 24.5. The third-order valence-electron chi connectivity index (χ3n) is 5.83. The highest BCUT2D eigenvalue weighted by atomic mass is 32.2. The molecule has 0 radical (unpaired) electrons. The van der Waals surface area contributed by atoms with Crippen LogP contribution < -0.4 is 5.32 Å². The first kappa shape index (κ1) is 24.1. The molecule has 0 aliphatic carbocycles. The van der Waals surface area contributed by atoms with Gasteiger partial charge in [-0.3, -0.25) is 19.3 Å².